The smallest absolute Gasteiger partial charge is 0.227 e. The summed E-state index contributed by atoms with van der Waals surface area (Å²) >= 11 is 0. The van der Waals surface area contributed by atoms with E-state index in [0.29, 0.717) is 90.3 Å². The van der Waals surface area contributed by atoms with Gasteiger partial charge in [-0.3, -0.25) is 0 Å². The molecule has 0 spiro atoms. The maximum Gasteiger partial charge on any atom is 0.227 e. The summed E-state index contributed by atoms with van der Waals surface area (Å²) < 4.78 is 221. The van der Waals surface area contributed by atoms with Gasteiger partial charge in [0.1, 0.15) is 28.2 Å². The second kappa shape index (κ2) is 33.2. The van der Waals surface area contributed by atoms with Crippen molar-refractivity contribution in [3.63, 3.8) is 0 Å². The predicted molar refractivity (Wildman–Crippen MR) is 476 cm³/mol. The first-order valence-electron chi connectivity index (χ1n) is 50.7. The second-order valence-corrected chi connectivity index (χ2v) is 32.2. The molecule has 0 aliphatic carbocycles. The van der Waals surface area contributed by atoms with E-state index in [-0.39, 0.29) is 34.4 Å². The number of fused-ring (bicyclic) bond motifs is 12. The van der Waals surface area contributed by atoms with Crippen LogP contribution in [0, 0.1) is 73.0 Å². The molecule has 2 atom stereocenters. The number of benzene rings is 4. The van der Waals surface area contributed by atoms with Crippen molar-refractivity contribution < 1.29 is 67.5 Å². The Morgan fingerprint density at radius 1 is 0.304 bits per heavy atom. The highest BCUT2D eigenvalue weighted by Crippen LogP contribution is 2.43. The summed E-state index contributed by atoms with van der Waals surface area (Å²) in [5, 5.41) is 6.72. The zero-order valence-corrected chi connectivity index (χ0v) is 70.8. The van der Waals surface area contributed by atoms with Gasteiger partial charge in [0, 0.05) is 144 Å². The molecule has 16 rings (SSSR count). The molecule has 0 radical (unpaired) electrons. The Morgan fingerprint density at radius 2 is 0.583 bits per heavy atom. The van der Waals surface area contributed by atoms with Gasteiger partial charge in [-0.1, -0.05) is 159 Å². The van der Waals surface area contributed by atoms with Crippen molar-refractivity contribution in [3.8, 4) is 45.0 Å². The molecule has 12 heteroatoms. The van der Waals surface area contributed by atoms with Crippen molar-refractivity contribution in [1.29, 1.82) is 0 Å². The number of hydrogen-bond acceptors (Lipinski definition) is 8. The Labute approximate surface area is 714 Å². The van der Waals surface area contributed by atoms with Gasteiger partial charge in [-0.25, -0.2) is 38.2 Å². The van der Waals surface area contributed by atoms with E-state index in [1.807, 2.05) is 188 Å². The summed E-state index contributed by atoms with van der Waals surface area (Å²) in [6.07, 6.45) is 2.01. The summed E-state index contributed by atoms with van der Waals surface area (Å²) in [6.45, 7) is 25.9. The molecule has 12 heterocycles. The van der Waals surface area contributed by atoms with Crippen LogP contribution in [0.3, 0.4) is 0 Å². The van der Waals surface area contributed by atoms with Gasteiger partial charge in [0.05, 0.1) is 22.3 Å². The highest BCUT2D eigenvalue weighted by atomic mass is 16.4. The molecular formula is C103H122N8O4+4. The zero-order valence-electron chi connectivity index (χ0n) is 93.8. The first-order chi connectivity index (χ1) is 63.3. The van der Waals surface area contributed by atoms with Crippen LogP contribution in [-0.4, -0.2) is 19.9 Å². The van der Waals surface area contributed by atoms with Gasteiger partial charge < -0.3 is 17.7 Å². The van der Waals surface area contributed by atoms with Crippen LogP contribution in [0.1, 0.15) is 261 Å². The Kier molecular flexibility index (Phi) is 16.6. The molecule has 2 unspecified atom stereocenters. The van der Waals surface area contributed by atoms with Gasteiger partial charge >= 0.3 is 0 Å². The lowest BCUT2D eigenvalue weighted by Crippen LogP contribution is -2.32. The lowest BCUT2D eigenvalue weighted by Gasteiger charge is -2.12. The van der Waals surface area contributed by atoms with Crippen molar-refractivity contribution in [1.82, 2.24) is 19.9 Å². The third-order valence-electron chi connectivity index (χ3n) is 21.1. The van der Waals surface area contributed by atoms with Crippen LogP contribution in [0.25, 0.3) is 133 Å². The summed E-state index contributed by atoms with van der Waals surface area (Å²) in [5.41, 5.74) is 19.4. The standard InChI is InChI=1S/3C26H31N2O.C25H29N2O/c1-15(2)12-19-9-11-21-20-10-8-17(5)24(25(20)29-26(21)27-19)23-13-22(16(3)4)18(6)14-28(23)7;2*1-15(2)12-19-9-11-21-20-10-8-17(5)24(25(20)29-26(21)27-19)23-13-18(6)22(16(3)4)14-28(23)7;1-14(2)20-12-22(27(7)13-17(20)6)23-16(5)8-9-18-19-10-11-21(15(3)4)26-25(19)28-24(18)23/h3*8-11,13-16H,12H2,1-7H3;8-15H,1-7H3/q4*+1/i6D3,12D2,16D;3D3,12D2,16D;12D2,16D;1D3,6D3,14D,15D. The monoisotopic (exact) mass is 1560 g/mol. The quantitative estimate of drug-likeness (QED) is 0.0931. The van der Waals surface area contributed by atoms with Crippen LogP contribution in [0.4, 0.5) is 0 Å². The van der Waals surface area contributed by atoms with Crippen LogP contribution in [0.5, 0.6) is 0 Å². The number of hydrogen-bond donors (Lipinski definition) is 0. The molecule has 12 aromatic heterocycles. The van der Waals surface area contributed by atoms with Crippen molar-refractivity contribution >= 4 is 88.3 Å². The minimum Gasteiger partial charge on any atom is -0.437 e. The fourth-order valence-corrected chi connectivity index (χ4v) is 15.4. The fraction of sp³-hybridized carbons (Fsp3) is 0.379. The molecular weight excluding hydrogens is 1410 g/mol. The molecule has 115 heavy (non-hydrogen) atoms. The van der Waals surface area contributed by atoms with Crippen molar-refractivity contribution in [2.45, 2.75) is 214 Å². The van der Waals surface area contributed by atoms with Crippen LogP contribution in [0.15, 0.2) is 164 Å². The molecule has 0 saturated heterocycles. The SMILES string of the molecule is [2H]C(C)(C)c1c[n+](C)c(-c2c(C)ccc3c2oc2nc(C([2H])([2H])C(C)C)ccc23)cc1C.[2H]C([2H])([2H])c1c[n+](C)c(-c2c(C)ccc3c2oc2nc(C([2H])(C)C)ccc23)cc1C([2H])(C)C([2H])([2H])[2H].[2H]C([2H])([2H])c1c[n+](C)c(-c2c(C)ccc3c2oc2nc(C([2H])([2H])C(C)C)ccc23)cc1C([2H])(C)C.[2H]C([2H])(c1ccc2c(n1)oc1c(-c3cc(C)c(C([2H])(C)C([2H])([2H])[2H])c[n+]3C)c(C)ccc12)C(C)C. The first-order valence-corrected chi connectivity index (χ1v) is 39.2. The van der Waals surface area contributed by atoms with Gasteiger partial charge in [0.15, 0.2) is 47.1 Å². The van der Waals surface area contributed by atoms with Crippen LogP contribution in [0.2, 0.25) is 0 Å². The highest BCUT2D eigenvalue weighted by molar-refractivity contribution is 6.12. The topological polar surface area (TPSA) is 120 Å². The lowest BCUT2D eigenvalue weighted by molar-refractivity contribution is -0.661. The molecule has 4 aromatic carbocycles. The molecule has 0 bridgehead atoms. The summed E-state index contributed by atoms with van der Waals surface area (Å²) in [4.78, 5) is 18.2. The van der Waals surface area contributed by atoms with Crippen molar-refractivity contribution in [2.24, 2.45) is 45.9 Å². The number of aromatic nitrogens is 8. The number of nitrogens with zero attached hydrogens (tertiary/aromatic N) is 8. The minimum atomic E-state index is -2.76. The van der Waals surface area contributed by atoms with Gasteiger partial charge in [-0.05, 0) is 215 Å². The summed E-state index contributed by atoms with van der Waals surface area (Å²) in [5.74, 6) is -7.32. The molecule has 0 N–H and O–H groups in total. The van der Waals surface area contributed by atoms with Gasteiger partial charge in [0.2, 0.25) is 45.6 Å². The maximum absolute atomic E-state index is 8.68. The fourth-order valence-electron chi connectivity index (χ4n) is 15.4. The van der Waals surface area contributed by atoms with Gasteiger partial charge in [0.25, 0.3) is 0 Å². The van der Waals surface area contributed by atoms with E-state index in [1.165, 1.54) is 26.1 Å². The molecule has 0 aliphatic rings. The second-order valence-electron chi connectivity index (χ2n) is 32.2. The average Bonchev–Trinajstić information content (AvgIpc) is 1.26. The van der Waals surface area contributed by atoms with E-state index in [4.69, 9.17) is 49.2 Å². The highest BCUT2D eigenvalue weighted by Gasteiger charge is 2.29. The van der Waals surface area contributed by atoms with E-state index >= 15 is 0 Å². The lowest BCUT2D eigenvalue weighted by atomic mass is 9.94. The minimum absolute atomic E-state index is 0.0838. The number of aryl methyl sites for hydroxylation is 12. The number of pyridine rings is 8. The van der Waals surface area contributed by atoms with Crippen molar-refractivity contribution in [2.75, 3.05) is 0 Å². The van der Waals surface area contributed by atoms with Crippen molar-refractivity contribution in [3.05, 3.63) is 236 Å². The van der Waals surface area contributed by atoms with Gasteiger partial charge in [-0.15, -0.1) is 0 Å². The maximum atomic E-state index is 8.68. The molecule has 0 saturated carbocycles. The Hall–Kier alpha value is -10.7. The zero-order chi connectivity index (χ0) is 103. The Bertz CT molecular complexity index is 7490. The number of rotatable bonds is 15. The van der Waals surface area contributed by atoms with Gasteiger partial charge in [-0.2, -0.15) is 0 Å². The average molecular weight is 1560 g/mol. The molecule has 594 valence electrons. The Balaban J connectivity index is 0.000000155. The van der Waals surface area contributed by atoms with E-state index in [9.17, 15) is 0 Å². The normalized spacial score (nSPS) is 17.1. The van der Waals surface area contributed by atoms with Crippen LogP contribution in [-0.2, 0) is 47.3 Å². The first kappa shape index (κ1) is 57.3. The van der Waals surface area contributed by atoms with Crippen LogP contribution < -0.4 is 18.3 Å². The molecule has 12 nitrogen and oxygen atoms in total. The third kappa shape index (κ3) is 16.5. The molecule has 0 amide bonds. The van der Waals surface area contributed by atoms with E-state index < -0.39 is 76.0 Å². The molecule has 0 fully saturated rings. The van der Waals surface area contributed by atoms with Crippen LogP contribution >= 0.6 is 0 Å². The summed E-state index contributed by atoms with van der Waals surface area (Å²) in [6, 6.07) is 37.7. The van der Waals surface area contributed by atoms with E-state index in [1.54, 1.807) is 93.7 Å². The van der Waals surface area contributed by atoms with E-state index in [0.717, 1.165) is 116 Å². The Morgan fingerprint density at radius 3 is 0.887 bits per heavy atom. The predicted octanol–water partition coefficient (Wildman–Crippen LogP) is 25.6. The molecule has 16 aromatic rings. The molecule has 0 aliphatic heterocycles. The third-order valence-corrected chi connectivity index (χ3v) is 21.1. The summed E-state index contributed by atoms with van der Waals surface area (Å²) in [7, 11) is 7.31. The van der Waals surface area contributed by atoms with E-state index in [2.05, 4.69) is 43.6 Å². The number of furan rings is 4. The largest absolute Gasteiger partial charge is 0.437 e.